The number of fused-ring (bicyclic) bond motifs is 1. The monoisotopic (exact) mass is 430 g/mol. The van der Waals surface area contributed by atoms with Crippen LogP contribution in [0.1, 0.15) is 36.8 Å². The van der Waals surface area contributed by atoms with E-state index in [9.17, 15) is 4.79 Å². The van der Waals surface area contributed by atoms with E-state index in [4.69, 9.17) is 18.9 Å². The van der Waals surface area contributed by atoms with Crippen LogP contribution in [0.2, 0.25) is 0 Å². The minimum absolute atomic E-state index is 0.0819. The fraction of sp³-hybridized carbons (Fsp3) is 0.708. The molecule has 0 N–H and O–H groups in total. The zero-order valence-corrected chi connectivity index (χ0v) is 18.4. The first kappa shape index (κ1) is 21.2. The second-order valence-electron chi connectivity index (χ2n) is 9.27. The Hall–Kier alpha value is -1.67. The van der Waals surface area contributed by atoms with Gasteiger partial charge in [-0.05, 0) is 36.5 Å². The summed E-state index contributed by atoms with van der Waals surface area (Å²) in [6.07, 6.45) is 4.96. The van der Waals surface area contributed by atoms with Crippen molar-refractivity contribution < 1.29 is 23.7 Å². The van der Waals surface area contributed by atoms with Crippen molar-refractivity contribution in [2.45, 2.75) is 50.4 Å². The highest BCUT2D eigenvalue weighted by Gasteiger charge is 2.41. The average molecular weight is 431 g/mol. The lowest BCUT2D eigenvalue weighted by molar-refractivity contribution is -0.165. The zero-order valence-electron chi connectivity index (χ0n) is 18.4. The number of benzene rings is 1. The van der Waals surface area contributed by atoms with E-state index >= 15 is 0 Å². The van der Waals surface area contributed by atoms with Gasteiger partial charge in [0, 0.05) is 52.2 Å². The molecule has 1 spiro atoms. The number of carbonyl (C=O) groups excluding carboxylic acids is 1. The van der Waals surface area contributed by atoms with E-state index in [0.717, 1.165) is 70.7 Å². The molecule has 1 atom stereocenters. The third kappa shape index (κ3) is 5.06. The van der Waals surface area contributed by atoms with E-state index in [1.165, 1.54) is 11.1 Å². The molecule has 0 saturated carbocycles. The predicted molar refractivity (Wildman–Crippen MR) is 115 cm³/mol. The number of carbonyl (C=O) groups is 1. The molecule has 170 valence electrons. The molecule has 7 nitrogen and oxygen atoms in total. The number of hydrogen-bond donors (Lipinski definition) is 0. The van der Waals surface area contributed by atoms with Gasteiger partial charge in [-0.1, -0.05) is 12.1 Å². The van der Waals surface area contributed by atoms with E-state index in [1.54, 1.807) is 0 Å². The minimum atomic E-state index is -0.0901. The van der Waals surface area contributed by atoms with Gasteiger partial charge in [-0.3, -0.25) is 9.69 Å². The molecule has 31 heavy (non-hydrogen) atoms. The van der Waals surface area contributed by atoms with Gasteiger partial charge in [-0.2, -0.15) is 0 Å². The first-order valence-electron chi connectivity index (χ1n) is 11.8. The fourth-order valence-electron chi connectivity index (χ4n) is 5.28. The Balaban J connectivity index is 1.09. The molecule has 4 heterocycles. The Morgan fingerprint density at radius 3 is 2.77 bits per heavy atom. The lowest BCUT2D eigenvalue weighted by Crippen LogP contribution is -2.51. The summed E-state index contributed by atoms with van der Waals surface area (Å²) in [5.41, 5.74) is 2.62. The molecule has 0 aromatic heterocycles. The van der Waals surface area contributed by atoms with Gasteiger partial charge in [0.15, 0.2) is 0 Å². The molecule has 0 aliphatic carbocycles. The zero-order chi connectivity index (χ0) is 21.1. The second kappa shape index (κ2) is 9.45. The molecule has 0 radical (unpaired) electrons. The normalized spacial score (nSPS) is 25.9. The van der Waals surface area contributed by atoms with Gasteiger partial charge >= 0.3 is 0 Å². The third-order valence-corrected chi connectivity index (χ3v) is 7.18. The van der Waals surface area contributed by atoms with Crippen LogP contribution < -0.4 is 4.74 Å². The summed E-state index contributed by atoms with van der Waals surface area (Å²) in [6.45, 7) is 7.36. The van der Waals surface area contributed by atoms with Crippen molar-refractivity contribution in [2.24, 2.45) is 0 Å². The fourth-order valence-corrected chi connectivity index (χ4v) is 5.28. The van der Waals surface area contributed by atoms with Crippen LogP contribution in [0, 0.1) is 0 Å². The van der Waals surface area contributed by atoms with Crippen LogP contribution in [-0.4, -0.2) is 86.6 Å². The molecule has 4 aliphatic heterocycles. The maximum Gasteiger partial charge on any atom is 0.248 e. The van der Waals surface area contributed by atoms with Crippen LogP contribution in [-0.2, 0) is 32.0 Å². The maximum absolute atomic E-state index is 12.4. The number of rotatable bonds is 5. The lowest BCUT2D eigenvalue weighted by Gasteiger charge is -2.46. The molecule has 1 aromatic rings. The van der Waals surface area contributed by atoms with E-state index in [-0.39, 0.29) is 24.2 Å². The number of amides is 1. The largest absolute Gasteiger partial charge is 0.493 e. The highest BCUT2D eigenvalue weighted by molar-refractivity contribution is 5.77. The van der Waals surface area contributed by atoms with Crippen molar-refractivity contribution in [2.75, 3.05) is 59.2 Å². The van der Waals surface area contributed by atoms with Gasteiger partial charge in [0.1, 0.15) is 12.4 Å². The lowest BCUT2D eigenvalue weighted by atomic mass is 9.83. The quantitative estimate of drug-likeness (QED) is 0.712. The standard InChI is InChI=1S/C24H34N2O5/c27-23(26-9-13-28-14-10-26)18-30-21-4-12-31-24(16-21)5-7-25(8-6-24)17-19-1-2-22-20(15-19)3-11-29-22/h1-2,15,21H,3-14,16-18H2. The summed E-state index contributed by atoms with van der Waals surface area (Å²) in [4.78, 5) is 16.8. The van der Waals surface area contributed by atoms with Crippen molar-refractivity contribution in [3.8, 4) is 5.75 Å². The maximum atomic E-state index is 12.4. The van der Waals surface area contributed by atoms with Crippen molar-refractivity contribution in [3.63, 3.8) is 0 Å². The first-order valence-corrected chi connectivity index (χ1v) is 11.8. The number of ether oxygens (including phenoxy) is 4. The Morgan fingerprint density at radius 1 is 1.10 bits per heavy atom. The number of morpholine rings is 1. The molecule has 4 aliphatic rings. The SMILES string of the molecule is O=C(COC1CCOC2(CCN(Cc3ccc4c(c3)CCO4)CC2)C1)N1CCOCC1. The summed E-state index contributed by atoms with van der Waals surface area (Å²) >= 11 is 0. The summed E-state index contributed by atoms with van der Waals surface area (Å²) in [5.74, 6) is 1.13. The Bertz CT molecular complexity index is 771. The first-order chi connectivity index (χ1) is 15.2. The van der Waals surface area contributed by atoms with Gasteiger partial charge in [0.05, 0.1) is 31.5 Å². The smallest absolute Gasteiger partial charge is 0.248 e. The molecule has 1 amide bonds. The minimum Gasteiger partial charge on any atom is -0.493 e. The molecule has 1 aromatic carbocycles. The van der Waals surface area contributed by atoms with E-state index in [1.807, 2.05) is 4.90 Å². The van der Waals surface area contributed by atoms with Gasteiger partial charge in [-0.15, -0.1) is 0 Å². The summed E-state index contributed by atoms with van der Waals surface area (Å²) < 4.78 is 23.3. The number of piperidine rings is 1. The predicted octanol–water partition coefficient (Wildman–Crippen LogP) is 2.01. The Labute approximate surface area is 184 Å². The van der Waals surface area contributed by atoms with Crippen LogP contribution in [0.5, 0.6) is 5.75 Å². The van der Waals surface area contributed by atoms with Gasteiger partial charge in [-0.25, -0.2) is 0 Å². The highest BCUT2D eigenvalue weighted by Crippen LogP contribution is 2.36. The highest BCUT2D eigenvalue weighted by atomic mass is 16.5. The van der Waals surface area contributed by atoms with Gasteiger partial charge < -0.3 is 23.8 Å². The molecule has 1 unspecified atom stereocenters. The molecule has 3 fully saturated rings. The molecular weight excluding hydrogens is 396 g/mol. The van der Waals surface area contributed by atoms with Gasteiger partial charge in [0.25, 0.3) is 0 Å². The summed E-state index contributed by atoms with van der Waals surface area (Å²) in [5, 5.41) is 0. The average Bonchev–Trinajstić information content (AvgIpc) is 3.28. The van der Waals surface area contributed by atoms with Gasteiger partial charge in [0.2, 0.25) is 5.91 Å². The number of hydrogen-bond acceptors (Lipinski definition) is 6. The number of nitrogens with zero attached hydrogens (tertiary/aromatic N) is 2. The summed E-state index contributed by atoms with van der Waals surface area (Å²) in [6, 6.07) is 6.62. The molecule has 0 bridgehead atoms. The number of likely N-dealkylation sites (tertiary alicyclic amines) is 1. The van der Waals surface area contributed by atoms with Crippen molar-refractivity contribution in [1.82, 2.24) is 9.80 Å². The van der Waals surface area contributed by atoms with E-state index < -0.39 is 0 Å². The topological polar surface area (TPSA) is 60.5 Å². The Kier molecular flexibility index (Phi) is 6.46. The third-order valence-electron chi connectivity index (χ3n) is 7.18. The van der Waals surface area contributed by atoms with E-state index in [0.29, 0.717) is 26.3 Å². The molecule has 7 heteroatoms. The van der Waals surface area contributed by atoms with Crippen LogP contribution in [0.3, 0.4) is 0 Å². The van der Waals surface area contributed by atoms with Crippen LogP contribution in [0.15, 0.2) is 18.2 Å². The second-order valence-corrected chi connectivity index (χ2v) is 9.27. The van der Waals surface area contributed by atoms with Crippen LogP contribution in [0.4, 0.5) is 0 Å². The van der Waals surface area contributed by atoms with Crippen LogP contribution >= 0.6 is 0 Å². The molecule has 3 saturated heterocycles. The van der Waals surface area contributed by atoms with Crippen molar-refractivity contribution in [3.05, 3.63) is 29.3 Å². The van der Waals surface area contributed by atoms with E-state index in [2.05, 4.69) is 23.1 Å². The van der Waals surface area contributed by atoms with Crippen molar-refractivity contribution in [1.29, 1.82) is 0 Å². The molecular formula is C24H34N2O5. The Morgan fingerprint density at radius 2 is 1.94 bits per heavy atom. The van der Waals surface area contributed by atoms with Crippen LogP contribution in [0.25, 0.3) is 0 Å². The van der Waals surface area contributed by atoms with Crippen molar-refractivity contribution >= 4 is 5.91 Å². The molecule has 5 rings (SSSR count). The summed E-state index contributed by atoms with van der Waals surface area (Å²) in [7, 11) is 0.